The molecule has 1 amide bonds. The summed E-state index contributed by atoms with van der Waals surface area (Å²) in [5.74, 6) is -0.159. The molecular weight excluding hydrogens is 291 g/mol. The summed E-state index contributed by atoms with van der Waals surface area (Å²) in [6.45, 7) is 4.12. The lowest BCUT2D eigenvalue weighted by atomic mass is 10.1. The highest BCUT2D eigenvalue weighted by Crippen LogP contribution is 2.23. The van der Waals surface area contributed by atoms with E-state index in [2.05, 4.69) is 21.2 Å². The van der Waals surface area contributed by atoms with Crippen molar-refractivity contribution in [3.63, 3.8) is 0 Å². The molecule has 16 heavy (non-hydrogen) atoms. The van der Waals surface area contributed by atoms with Gasteiger partial charge in [-0.3, -0.25) is 4.79 Å². The molecule has 0 bridgehead atoms. The minimum absolute atomic E-state index is 0.159. The van der Waals surface area contributed by atoms with Crippen LogP contribution in [0.15, 0.2) is 22.7 Å². The second-order valence-corrected chi connectivity index (χ2v) is 5.43. The van der Waals surface area contributed by atoms with Crippen molar-refractivity contribution in [2.75, 3.05) is 6.54 Å². The van der Waals surface area contributed by atoms with Gasteiger partial charge in [0, 0.05) is 22.1 Å². The fraction of sp³-hybridized carbons (Fsp3) is 0.364. The highest BCUT2D eigenvalue weighted by Gasteiger charge is 2.19. The van der Waals surface area contributed by atoms with Crippen LogP contribution in [-0.2, 0) is 0 Å². The van der Waals surface area contributed by atoms with Gasteiger partial charge in [0.25, 0.3) is 5.91 Å². The number of nitrogens with one attached hydrogen (secondary N) is 1. The zero-order chi connectivity index (χ0) is 12.3. The highest BCUT2D eigenvalue weighted by atomic mass is 79.9. The Balaban J connectivity index is 2.85. The number of nitrogens with two attached hydrogens (primary N) is 1. The van der Waals surface area contributed by atoms with Gasteiger partial charge in [0.05, 0.1) is 5.02 Å². The van der Waals surface area contributed by atoms with Crippen molar-refractivity contribution in [3.05, 3.63) is 33.3 Å². The van der Waals surface area contributed by atoms with Crippen molar-refractivity contribution < 1.29 is 4.79 Å². The van der Waals surface area contributed by atoms with Gasteiger partial charge in [-0.1, -0.05) is 11.6 Å². The largest absolute Gasteiger partial charge is 0.346 e. The van der Waals surface area contributed by atoms with E-state index >= 15 is 0 Å². The quantitative estimate of drug-likeness (QED) is 0.902. The Kier molecular flexibility index (Phi) is 4.35. The predicted octanol–water partition coefficient (Wildman–Crippen LogP) is 2.57. The molecule has 0 spiro atoms. The van der Waals surface area contributed by atoms with E-state index in [1.807, 2.05) is 13.8 Å². The molecule has 0 aliphatic heterocycles. The molecule has 1 aromatic rings. The van der Waals surface area contributed by atoms with Crippen LogP contribution >= 0.6 is 27.5 Å². The number of carbonyl (C=O) groups excluding carboxylic acids is 1. The molecule has 0 fully saturated rings. The first-order valence-electron chi connectivity index (χ1n) is 4.83. The van der Waals surface area contributed by atoms with Gasteiger partial charge in [-0.05, 0) is 48.0 Å². The van der Waals surface area contributed by atoms with Crippen LogP contribution in [0.25, 0.3) is 0 Å². The lowest BCUT2D eigenvalue weighted by molar-refractivity contribution is 0.0915. The van der Waals surface area contributed by atoms with E-state index in [-0.39, 0.29) is 5.91 Å². The summed E-state index contributed by atoms with van der Waals surface area (Å²) in [7, 11) is 0. The van der Waals surface area contributed by atoms with Crippen LogP contribution in [0.3, 0.4) is 0 Å². The zero-order valence-electron chi connectivity index (χ0n) is 9.18. The summed E-state index contributed by atoms with van der Waals surface area (Å²) in [5, 5.41) is 3.42. The van der Waals surface area contributed by atoms with Crippen LogP contribution in [0.4, 0.5) is 0 Å². The van der Waals surface area contributed by atoms with Gasteiger partial charge in [0.15, 0.2) is 0 Å². The van der Waals surface area contributed by atoms with E-state index in [1.165, 1.54) is 0 Å². The standard InChI is InChI=1S/C11H14BrClN2O/c1-11(2,6-14)15-10(16)7-3-4-9(13)8(12)5-7/h3-5H,6,14H2,1-2H3,(H,15,16). The van der Waals surface area contributed by atoms with Gasteiger partial charge in [-0.25, -0.2) is 0 Å². The Morgan fingerprint density at radius 1 is 1.56 bits per heavy atom. The molecule has 0 radical (unpaired) electrons. The number of hydrogen-bond donors (Lipinski definition) is 2. The molecule has 0 heterocycles. The summed E-state index contributed by atoms with van der Waals surface area (Å²) < 4.78 is 0.701. The number of amides is 1. The first-order valence-corrected chi connectivity index (χ1v) is 6.00. The number of rotatable bonds is 3. The summed E-state index contributed by atoms with van der Waals surface area (Å²) in [6, 6.07) is 5.04. The molecule has 0 aliphatic rings. The third-order valence-corrected chi connectivity index (χ3v) is 3.36. The molecule has 3 N–H and O–H groups in total. The Bertz CT molecular complexity index is 407. The maximum atomic E-state index is 11.9. The third-order valence-electron chi connectivity index (χ3n) is 2.14. The average molecular weight is 306 g/mol. The number of hydrogen-bond acceptors (Lipinski definition) is 2. The molecule has 1 rings (SSSR count). The summed E-state index contributed by atoms with van der Waals surface area (Å²) in [4.78, 5) is 11.9. The van der Waals surface area contributed by atoms with Crippen molar-refractivity contribution >= 4 is 33.4 Å². The number of carbonyl (C=O) groups is 1. The molecule has 0 aromatic heterocycles. The Hall–Kier alpha value is -0.580. The van der Waals surface area contributed by atoms with Crippen LogP contribution in [0.5, 0.6) is 0 Å². The smallest absolute Gasteiger partial charge is 0.251 e. The number of benzene rings is 1. The van der Waals surface area contributed by atoms with Gasteiger partial charge in [-0.2, -0.15) is 0 Å². The fourth-order valence-electron chi connectivity index (χ4n) is 1.07. The Morgan fingerprint density at radius 3 is 2.69 bits per heavy atom. The van der Waals surface area contributed by atoms with Crippen molar-refractivity contribution in [1.29, 1.82) is 0 Å². The monoisotopic (exact) mass is 304 g/mol. The lowest BCUT2D eigenvalue weighted by Crippen LogP contribution is -2.48. The maximum Gasteiger partial charge on any atom is 0.251 e. The molecule has 0 saturated heterocycles. The van der Waals surface area contributed by atoms with Crippen LogP contribution in [0.2, 0.25) is 5.02 Å². The first kappa shape index (κ1) is 13.5. The highest BCUT2D eigenvalue weighted by molar-refractivity contribution is 9.10. The Morgan fingerprint density at radius 2 is 2.19 bits per heavy atom. The van der Waals surface area contributed by atoms with E-state index in [0.29, 0.717) is 21.6 Å². The van der Waals surface area contributed by atoms with Crippen molar-refractivity contribution in [2.24, 2.45) is 5.73 Å². The van der Waals surface area contributed by atoms with Gasteiger partial charge >= 0.3 is 0 Å². The Labute approximate surface area is 108 Å². The predicted molar refractivity (Wildman–Crippen MR) is 69.8 cm³/mol. The second-order valence-electron chi connectivity index (χ2n) is 4.17. The van der Waals surface area contributed by atoms with Crippen molar-refractivity contribution in [3.8, 4) is 0 Å². The van der Waals surface area contributed by atoms with Crippen LogP contribution < -0.4 is 11.1 Å². The molecule has 88 valence electrons. The van der Waals surface area contributed by atoms with Crippen molar-refractivity contribution in [2.45, 2.75) is 19.4 Å². The summed E-state index contributed by atoms with van der Waals surface area (Å²) in [5.41, 5.74) is 5.68. The molecule has 1 aromatic carbocycles. The van der Waals surface area contributed by atoms with Crippen LogP contribution in [-0.4, -0.2) is 18.0 Å². The van der Waals surface area contributed by atoms with Crippen LogP contribution in [0, 0.1) is 0 Å². The van der Waals surface area contributed by atoms with Gasteiger partial charge in [0.2, 0.25) is 0 Å². The molecule has 0 atom stereocenters. The minimum atomic E-state index is -0.413. The summed E-state index contributed by atoms with van der Waals surface area (Å²) >= 11 is 9.12. The van der Waals surface area contributed by atoms with E-state index < -0.39 is 5.54 Å². The second kappa shape index (κ2) is 5.17. The lowest BCUT2D eigenvalue weighted by Gasteiger charge is -2.24. The van der Waals surface area contributed by atoms with Crippen molar-refractivity contribution in [1.82, 2.24) is 5.32 Å². The number of halogens is 2. The van der Waals surface area contributed by atoms with Gasteiger partial charge < -0.3 is 11.1 Å². The topological polar surface area (TPSA) is 55.1 Å². The first-order chi connectivity index (χ1) is 7.35. The van der Waals surface area contributed by atoms with E-state index in [1.54, 1.807) is 18.2 Å². The zero-order valence-corrected chi connectivity index (χ0v) is 11.5. The van der Waals surface area contributed by atoms with E-state index in [4.69, 9.17) is 17.3 Å². The molecule has 3 nitrogen and oxygen atoms in total. The average Bonchev–Trinajstić information content (AvgIpc) is 2.21. The normalized spacial score (nSPS) is 11.3. The van der Waals surface area contributed by atoms with Gasteiger partial charge in [-0.15, -0.1) is 0 Å². The van der Waals surface area contributed by atoms with Crippen LogP contribution in [0.1, 0.15) is 24.2 Å². The summed E-state index contributed by atoms with van der Waals surface area (Å²) in [6.07, 6.45) is 0. The molecule has 0 aliphatic carbocycles. The fourth-order valence-corrected chi connectivity index (χ4v) is 1.56. The molecule has 0 saturated carbocycles. The molecule has 0 unspecified atom stereocenters. The maximum absolute atomic E-state index is 11.9. The van der Waals surface area contributed by atoms with E-state index in [0.717, 1.165) is 0 Å². The minimum Gasteiger partial charge on any atom is -0.346 e. The van der Waals surface area contributed by atoms with Gasteiger partial charge in [0.1, 0.15) is 0 Å². The molecular formula is C11H14BrClN2O. The third kappa shape index (κ3) is 3.47. The molecule has 5 heteroatoms. The van der Waals surface area contributed by atoms with E-state index in [9.17, 15) is 4.79 Å². The SMILES string of the molecule is CC(C)(CN)NC(=O)c1ccc(Cl)c(Br)c1.